The van der Waals surface area contributed by atoms with Gasteiger partial charge in [-0.3, -0.25) is 4.79 Å². The quantitative estimate of drug-likeness (QED) is 0.657. The van der Waals surface area contributed by atoms with E-state index in [1.165, 1.54) is 18.0 Å². The van der Waals surface area contributed by atoms with Crippen LogP contribution in [0.5, 0.6) is 0 Å². The Morgan fingerprint density at radius 1 is 1.17 bits per heavy atom. The number of aromatic nitrogens is 2. The van der Waals surface area contributed by atoms with Gasteiger partial charge in [0.15, 0.2) is 5.69 Å². The Hall–Kier alpha value is -3.60. The van der Waals surface area contributed by atoms with Crippen molar-refractivity contribution in [2.75, 3.05) is 7.05 Å². The van der Waals surface area contributed by atoms with E-state index < -0.39 is 23.3 Å². The first-order valence-corrected chi connectivity index (χ1v) is 8.68. The minimum Gasteiger partial charge on any atom is -0.337 e. The van der Waals surface area contributed by atoms with Gasteiger partial charge in [-0.05, 0) is 36.2 Å². The molecule has 29 heavy (non-hydrogen) atoms. The number of hydrogen-bond donors (Lipinski definition) is 0. The second-order valence-electron chi connectivity index (χ2n) is 6.57. The first kappa shape index (κ1) is 20.1. The number of halogens is 3. The van der Waals surface area contributed by atoms with E-state index in [0.717, 1.165) is 10.9 Å². The molecule has 0 aliphatic carbocycles. The third-order valence-corrected chi connectivity index (χ3v) is 4.46. The van der Waals surface area contributed by atoms with Crippen molar-refractivity contribution in [3.63, 3.8) is 0 Å². The molecule has 3 rings (SSSR count). The van der Waals surface area contributed by atoms with Crippen LogP contribution in [0.4, 0.5) is 13.2 Å². The summed E-state index contributed by atoms with van der Waals surface area (Å²) < 4.78 is 42.3. The fourth-order valence-electron chi connectivity index (χ4n) is 3.00. The summed E-state index contributed by atoms with van der Waals surface area (Å²) in [4.78, 5) is 14.0. The Morgan fingerprint density at radius 3 is 2.41 bits per heavy atom. The average Bonchev–Trinajstić information content (AvgIpc) is 3.13. The Kier molecular flexibility index (Phi) is 5.41. The number of nitrogens with zero attached hydrogens (tertiary/aromatic N) is 4. The number of carbonyl (C=O) groups is 1. The summed E-state index contributed by atoms with van der Waals surface area (Å²) in [5.41, 5.74) is 0.390. The lowest BCUT2D eigenvalue weighted by molar-refractivity contribution is -0.143. The van der Waals surface area contributed by atoms with Gasteiger partial charge < -0.3 is 4.90 Å². The molecule has 0 N–H and O–H groups in total. The maximum Gasteiger partial charge on any atom is 0.434 e. The van der Waals surface area contributed by atoms with Crippen molar-refractivity contribution in [3.8, 4) is 11.8 Å². The summed E-state index contributed by atoms with van der Waals surface area (Å²) in [7, 11) is 1.42. The molecule has 0 unspecified atom stereocenters. The molecule has 148 valence electrons. The highest BCUT2D eigenvalue weighted by Crippen LogP contribution is 2.34. The number of rotatable bonds is 4. The number of carbonyl (C=O) groups excluding carboxylic acids is 1. The number of nitriles is 1. The number of amides is 1. The van der Waals surface area contributed by atoms with Crippen LogP contribution in [-0.2, 0) is 12.7 Å². The fraction of sp³-hybridized carbons (Fsp3) is 0.190. The predicted octanol–water partition coefficient (Wildman–Crippen LogP) is 4.34. The molecule has 0 radical (unpaired) electrons. The molecule has 0 fully saturated rings. The molecule has 0 aliphatic heterocycles. The summed E-state index contributed by atoms with van der Waals surface area (Å²) in [6.45, 7) is 1.77. The van der Waals surface area contributed by atoms with Crippen molar-refractivity contribution in [2.45, 2.75) is 19.6 Å². The average molecular weight is 398 g/mol. The number of alkyl halides is 3. The van der Waals surface area contributed by atoms with Crippen LogP contribution in [0.1, 0.15) is 32.7 Å². The van der Waals surface area contributed by atoms with Crippen molar-refractivity contribution in [1.29, 1.82) is 5.26 Å². The summed E-state index contributed by atoms with van der Waals surface area (Å²) in [5.74, 6) is -0.790. The van der Waals surface area contributed by atoms with Gasteiger partial charge in [0, 0.05) is 13.6 Å². The van der Waals surface area contributed by atoms with Gasteiger partial charge in [-0.2, -0.15) is 23.5 Å². The van der Waals surface area contributed by atoms with E-state index >= 15 is 0 Å². The van der Waals surface area contributed by atoms with E-state index in [2.05, 4.69) is 5.10 Å². The van der Waals surface area contributed by atoms with E-state index in [1.54, 1.807) is 49.4 Å². The number of para-hydroxylation sites is 1. The van der Waals surface area contributed by atoms with Crippen LogP contribution in [0.3, 0.4) is 0 Å². The van der Waals surface area contributed by atoms with Crippen LogP contribution in [-0.4, -0.2) is 27.6 Å². The van der Waals surface area contributed by atoms with Crippen LogP contribution in [0.15, 0.2) is 54.7 Å². The largest absolute Gasteiger partial charge is 0.434 e. The van der Waals surface area contributed by atoms with E-state index in [9.17, 15) is 18.0 Å². The maximum atomic E-state index is 13.8. The molecule has 0 spiro atoms. The highest BCUT2D eigenvalue weighted by molar-refractivity contribution is 5.95. The van der Waals surface area contributed by atoms with Crippen molar-refractivity contribution in [3.05, 3.63) is 82.7 Å². The molecule has 1 heterocycles. The standard InChI is InChI=1S/C21H17F3N4O/c1-14-5-3-4-6-18(14)28-19(21(22,23)24)17(12-26-28)20(29)27(2)13-16-9-7-15(11-25)8-10-16/h3-10,12H,13H2,1-2H3. The topological polar surface area (TPSA) is 61.9 Å². The SMILES string of the molecule is Cc1ccccc1-n1ncc(C(=O)N(C)Cc2ccc(C#N)cc2)c1C(F)(F)F. The van der Waals surface area contributed by atoms with Crippen LogP contribution >= 0.6 is 0 Å². The second kappa shape index (κ2) is 7.80. The summed E-state index contributed by atoms with van der Waals surface area (Å²) in [6.07, 6.45) is -3.81. The minimum atomic E-state index is -4.76. The maximum absolute atomic E-state index is 13.8. The zero-order valence-electron chi connectivity index (χ0n) is 15.7. The molecule has 0 saturated carbocycles. The molecule has 0 atom stereocenters. The fourth-order valence-corrected chi connectivity index (χ4v) is 3.00. The Balaban J connectivity index is 1.96. The molecular formula is C21H17F3N4O. The van der Waals surface area contributed by atoms with Gasteiger partial charge in [0.25, 0.3) is 5.91 Å². The summed E-state index contributed by atoms with van der Waals surface area (Å²) >= 11 is 0. The van der Waals surface area contributed by atoms with Crippen molar-refractivity contribution in [2.24, 2.45) is 0 Å². The van der Waals surface area contributed by atoms with Gasteiger partial charge >= 0.3 is 6.18 Å². The van der Waals surface area contributed by atoms with E-state index in [4.69, 9.17) is 5.26 Å². The number of benzene rings is 2. The molecule has 5 nitrogen and oxygen atoms in total. The van der Waals surface area contributed by atoms with Gasteiger partial charge in [0.2, 0.25) is 0 Å². The highest BCUT2D eigenvalue weighted by Gasteiger charge is 2.41. The molecular weight excluding hydrogens is 381 g/mol. The van der Waals surface area contributed by atoms with Gasteiger partial charge in [0.05, 0.1) is 29.1 Å². The third-order valence-electron chi connectivity index (χ3n) is 4.46. The number of hydrogen-bond acceptors (Lipinski definition) is 3. The first-order chi connectivity index (χ1) is 13.7. The molecule has 0 saturated heterocycles. The molecule has 1 aromatic heterocycles. The molecule has 0 bridgehead atoms. The van der Waals surface area contributed by atoms with Crippen molar-refractivity contribution in [1.82, 2.24) is 14.7 Å². The van der Waals surface area contributed by atoms with Crippen molar-refractivity contribution >= 4 is 5.91 Å². The molecule has 2 aromatic carbocycles. The second-order valence-corrected chi connectivity index (χ2v) is 6.57. The summed E-state index contributed by atoms with van der Waals surface area (Å²) in [6, 6.07) is 15.0. The van der Waals surface area contributed by atoms with Crippen LogP contribution in [0.2, 0.25) is 0 Å². The van der Waals surface area contributed by atoms with Crippen LogP contribution in [0, 0.1) is 18.3 Å². The molecule has 0 aliphatic rings. The lowest BCUT2D eigenvalue weighted by Crippen LogP contribution is -2.28. The van der Waals surface area contributed by atoms with Gasteiger partial charge in [-0.1, -0.05) is 30.3 Å². The normalized spacial score (nSPS) is 11.2. The van der Waals surface area contributed by atoms with Gasteiger partial charge in [-0.25, -0.2) is 4.68 Å². The molecule has 8 heteroatoms. The first-order valence-electron chi connectivity index (χ1n) is 8.68. The Labute approximate surface area is 165 Å². The molecule has 3 aromatic rings. The molecule has 1 amide bonds. The Morgan fingerprint density at radius 2 is 1.83 bits per heavy atom. The third kappa shape index (κ3) is 4.14. The number of aryl methyl sites for hydroxylation is 1. The van der Waals surface area contributed by atoms with E-state index in [0.29, 0.717) is 16.7 Å². The smallest absolute Gasteiger partial charge is 0.337 e. The lowest BCUT2D eigenvalue weighted by Gasteiger charge is -2.19. The van der Waals surface area contributed by atoms with Crippen molar-refractivity contribution < 1.29 is 18.0 Å². The lowest BCUT2D eigenvalue weighted by atomic mass is 10.1. The van der Waals surface area contributed by atoms with Crippen LogP contribution < -0.4 is 0 Å². The zero-order valence-corrected chi connectivity index (χ0v) is 15.7. The monoisotopic (exact) mass is 398 g/mol. The summed E-state index contributed by atoms with van der Waals surface area (Å²) in [5, 5.41) is 12.7. The van der Waals surface area contributed by atoms with E-state index in [-0.39, 0.29) is 12.2 Å². The zero-order chi connectivity index (χ0) is 21.2. The van der Waals surface area contributed by atoms with Crippen LogP contribution in [0.25, 0.3) is 5.69 Å². The van der Waals surface area contributed by atoms with Gasteiger partial charge in [-0.15, -0.1) is 0 Å². The van der Waals surface area contributed by atoms with Gasteiger partial charge in [0.1, 0.15) is 0 Å². The minimum absolute atomic E-state index is 0.0946. The predicted molar refractivity (Wildman–Crippen MR) is 100 cm³/mol. The van der Waals surface area contributed by atoms with E-state index in [1.807, 2.05) is 6.07 Å². The highest BCUT2D eigenvalue weighted by atomic mass is 19.4. The Bertz CT molecular complexity index is 1080.